The minimum Gasteiger partial charge on any atom is -0.339 e. The Morgan fingerprint density at radius 2 is 1.80 bits per heavy atom. The fourth-order valence-corrected chi connectivity index (χ4v) is 3.14. The van der Waals surface area contributed by atoms with Crippen LogP contribution in [0.1, 0.15) is 23.4 Å². The monoisotopic (exact) mass is 333 g/mol. The first-order valence-corrected chi connectivity index (χ1v) is 8.52. The standard InChI is InChI=1S/C20H19N3O2/c24-19(23-13-12-15-6-4-5-9-17(15)14-23)11-10-18-21-20(22-25-18)16-7-2-1-3-8-16/h1-9H,10-14H2. The fourth-order valence-electron chi connectivity index (χ4n) is 3.14. The number of amides is 1. The Bertz CT molecular complexity index is 873. The van der Waals surface area contributed by atoms with Gasteiger partial charge in [-0.15, -0.1) is 0 Å². The number of hydrogen-bond acceptors (Lipinski definition) is 4. The molecule has 1 amide bonds. The topological polar surface area (TPSA) is 59.2 Å². The second-order valence-corrected chi connectivity index (χ2v) is 6.21. The van der Waals surface area contributed by atoms with Gasteiger partial charge in [0.2, 0.25) is 17.6 Å². The van der Waals surface area contributed by atoms with Crippen LogP contribution in [0.4, 0.5) is 0 Å². The van der Waals surface area contributed by atoms with Crippen LogP contribution < -0.4 is 0 Å². The van der Waals surface area contributed by atoms with Gasteiger partial charge in [0.1, 0.15) is 0 Å². The number of fused-ring (bicyclic) bond motifs is 1. The number of hydrogen-bond donors (Lipinski definition) is 0. The molecular weight excluding hydrogens is 314 g/mol. The van der Waals surface area contributed by atoms with Gasteiger partial charge in [-0.1, -0.05) is 59.8 Å². The van der Waals surface area contributed by atoms with Crippen LogP contribution in [0.3, 0.4) is 0 Å². The van der Waals surface area contributed by atoms with Crippen molar-refractivity contribution < 1.29 is 9.32 Å². The van der Waals surface area contributed by atoms with Crippen LogP contribution in [0.2, 0.25) is 0 Å². The number of nitrogens with zero attached hydrogens (tertiary/aromatic N) is 3. The Kier molecular flexibility index (Phi) is 4.29. The minimum absolute atomic E-state index is 0.133. The van der Waals surface area contributed by atoms with Crippen molar-refractivity contribution in [3.05, 3.63) is 71.6 Å². The molecule has 4 rings (SSSR count). The first-order chi connectivity index (χ1) is 12.3. The third-order valence-corrected chi connectivity index (χ3v) is 4.54. The molecule has 0 saturated heterocycles. The molecule has 1 aliphatic rings. The molecule has 126 valence electrons. The zero-order valence-corrected chi connectivity index (χ0v) is 13.9. The lowest BCUT2D eigenvalue weighted by atomic mass is 9.99. The van der Waals surface area contributed by atoms with E-state index in [1.165, 1.54) is 11.1 Å². The van der Waals surface area contributed by atoms with Crippen LogP contribution in [0.15, 0.2) is 59.1 Å². The summed E-state index contributed by atoms with van der Waals surface area (Å²) in [7, 11) is 0. The molecule has 3 aromatic rings. The normalized spacial score (nSPS) is 13.5. The van der Waals surface area contributed by atoms with E-state index in [2.05, 4.69) is 28.3 Å². The maximum absolute atomic E-state index is 12.5. The maximum Gasteiger partial charge on any atom is 0.227 e. The van der Waals surface area contributed by atoms with Gasteiger partial charge in [-0.05, 0) is 17.5 Å². The Hall–Kier alpha value is -2.95. The van der Waals surface area contributed by atoms with Crippen molar-refractivity contribution in [2.24, 2.45) is 0 Å². The number of rotatable bonds is 4. The van der Waals surface area contributed by atoms with Gasteiger partial charge in [0.25, 0.3) is 0 Å². The summed E-state index contributed by atoms with van der Waals surface area (Å²) < 4.78 is 5.28. The van der Waals surface area contributed by atoms with E-state index >= 15 is 0 Å². The molecule has 1 aliphatic heterocycles. The Morgan fingerprint density at radius 3 is 2.64 bits per heavy atom. The van der Waals surface area contributed by atoms with E-state index < -0.39 is 0 Å². The molecule has 0 spiro atoms. The summed E-state index contributed by atoms with van der Waals surface area (Å²) in [6.07, 6.45) is 1.77. The van der Waals surface area contributed by atoms with Gasteiger partial charge in [0.15, 0.2) is 0 Å². The van der Waals surface area contributed by atoms with Crippen molar-refractivity contribution in [3.63, 3.8) is 0 Å². The van der Waals surface area contributed by atoms with Crippen LogP contribution in [-0.2, 0) is 24.2 Å². The van der Waals surface area contributed by atoms with E-state index in [0.717, 1.165) is 18.5 Å². The van der Waals surface area contributed by atoms with Crippen molar-refractivity contribution >= 4 is 5.91 Å². The number of carbonyl (C=O) groups is 1. The minimum atomic E-state index is 0.133. The number of aryl methyl sites for hydroxylation is 1. The van der Waals surface area contributed by atoms with E-state index in [1.807, 2.05) is 41.3 Å². The third-order valence-electron chi connectivity index (χ3n) is 4.54. The van der Waals surface area contributed by atoms with Gasteiger partial charge in [0, 0.05) is 31.5 Å². The van der Waals surface area contributed by atoms with E-state index in [0.29, 0.717) is 31.1 Å². The predicted molar refractivity (Wildman–Crippen MR) is 93.6 cm³/mol. The van der Waals surface area contributed by atoms with Crippen molar-refractivity contribution in [2.75, 3.05) is 6.54 Å². The smallest absolute Gasteiger partial charge is 0.227 e. The lowest BCUT2D eigenvalue weighted by Gasteiger charge is -2.28. The van der Waals surface area contributed by atoms with Gasteiger partial charge in [-0.25, -0.2) is 0 Å². The fraction of sp³-hybridized carbons (Fsp3) is 0.250. The lowest BCUT2D eigenvalue weighted by molar-refractivity contribution is -0.132. The van der Waals surface area contributed by atoms with Crippen molar-refractivity contribution in [2.45, 2.75) is 25.8 Å². The molecule has 5 nitrogen and oxygen atoms in total. The highest BCUT2D eigenvalue weighted by Gasteiger charge is 2.20. The lowest BCUT2D eigenvalue weighted by Crippen LogP contribution is -2.36. The zero-order chi connectivity index (χ0) is 17.1. The molecule has 2 heterocycles. The predicted octanol–water partition coefficient (Wildman–Crippen LogP) is 3.25. The first kappa shape index (κ1) is 15.6. The number of benzene rings is 2. The van der Waals surface area contributed by atoms with Gasteiger partial charge < -0.3 is 9.42 Å². The number of carbonyl (C=O) groups excluding carboxylic acids is 1. The highest BCUT2D eigenvalue weighted by atomic mass is 16.5. The molecule has 0 fully saturated rings. The highest BCUT2D eigenvalue weighted by Crippen LogP contribution is 2.20. The van der Waals surface area contributed by atoms with E-state index in [9.17, 15) is 4.79 Å². The highest BCUT2D eigenvalue weighted by molar-refractivity contribution is 5.76. The molecule has 0 bridgehead atoms. The van der Waals surface area contributed by atoms with Crippen molar-refractivity contribution in [3.8, 4) is 11.4 Å². The molecule has 0 atom stereocenters. The Balaban J connectivity index is 1.36. The third kappa shape index (κ3) is 3.45. The molecule has 2 aromatic carbocycles. The van der Waals surface area contributed by atoms with Gasteiger partial charge in [-0.2, -0.15) is 4.98 Å². The van der Waals surface area contributed by atoms with Crippen LogP contribution >= 0.6 is 0 Å². The second-order valence-electron chi connectivity index (χ2n) is 6.21. The Labute approximate surface area is 146 Å². The van der Waals surface area contributed by atoms with Gasteiger partial charge in [-0.3, -0.25) is 4.79 Å². The summed E-state index contributed by atoms with van der Waals surface area (Å²) in [6, 6.07) is 18.0. The molecule has 5 heteroatoms. The van der Waals surface area contributed by atoms with E-state index in [1.54, 1.807) is 0 Å². The average molecular weight is 333 g/mol. The molecule has 1 aromatic heterocycles. The summed E-state index contributed by atoms with van der Waals surface area (Å²) in [6.45, 7) is 1.46. The molecule has 0 unspecified atom stereocenters. The number of aromatic nitrogens is 2. The molecular formula is C20H19N3O2. The summed E-state index contributed by atoms with van der Waals surface area (Å²) in [5, 5.41) is 4.00. The molecule has 0 N–H and O–H groups in total. The van der Waals surface area contributed by atoms with Crippen molar-refractivity contribution in [1.82, 2.24) is 15.0 Å². The maximum atomic E-state index is 12.5. The second kappa shape index (κ2) is 6.89. The molecule has 0 aliphatic carbocycles. The van der Waals surface area contributed by atoms with Crippen molar-refractivity contribution in [1.29, 1.82) is 0 Å². The first-order valence-electron chi connectivity index (χ1n) is 8.52. The van der Waals surface area contributed by atoms with Crippen LogP contribution in [0, 0.1) is 0 Å². The SMILES string of the molecule is O=C(CCc1nc(-c2ccccc2)no1)N1CCc2ccccc2C1. The Morgan fingerprint density at radius 1 is 1.04 bits per heavy atom. The van der Waals surface area contributed by atoms with Gasteiger partial charge >= 0.3 is 0 Å². The molecule has 25 heavy (non-hydrogen) atoms. The van der Waals surface area contributed by atoms with Crippen LogP contribution in [0.25, 0.3) is 11.4 Å². The quantitative estimate of drug-likeness (QED) is 0.735. The van der Waals surface area contributed by atoms with Crippen LogP contribution in [-0.4, -0.2) is 27.5 Å². The molecule has 0 radical (unpaired) electrons. The largest absolute Gasteiger partial charge is 0.339 e. The van der Waals surface area contributed by atoms with E-state index in [-0.39, 0.29) is 5.91 Å². The van der Waals surface area contributed by atoms with Crippen LogP contribution in [0.5, 0.6) is 0 Å². The zero-order valence-electron chi connectivity index (χ0n) is 13.9. The van der Waals surface area contributed by atoms with Gasteiger partial charge in [0.05, 0.1) is 0 Å². The molecule has 0 saturated carbocycles. The summed E-state index contributed by atoms with van der Waals surface area (Å²) >= 11 is 0. The van der Waals surface area contributed by atoms with E-state index in [4.69, 9.17) is 4.52 Å². The summed E-state index contributed by atoms with van der Waals surface area (Å²) in [5.74, 6) is 1.20. The summed E-state index contributed by atoms with van der Waals surface area (Å²) in [5.41, 5.74) is 3.50. The summed E-state index contributed by atoms with van der Waals surface area (Å²) in [4.78, 5) is 18.8. The average Bonchev–Trinajstić information content (AvgIpc) is 3.15.